The molecule has 3 aromatic rings. The van der Waals surface area contributed by atoms with Crippen LogP contribution in [0.15, 0.2) is 47.4 Å². The van der Waals surface area contributed by atoms with Gasteiger partial charge in [-0.3, -0.25) is 14.9 Å². The first-order chi connectivity index (χ1) is 9.63. The standard InChI is InChI=1S/C14H7N3O3/c15-8-11-12-3-1-2-6-16(12)13-5-4-9(17(19)20)7-10(13)14(11)18/h1-7H. The molecule has 0 bridgehead atoms. The van der Waals surface area contributed by atoms with Gasteiger partial charge < -0.3 is 4.40 Å². The fourth-order valence-corrected chi connectivity index (χ4v) is 2.25. The zero-order valence-corrected chi connectivity index (χ0v) is 10.1. The third kappa shape index (κ3) is 1.54. The molecule has 20 heavy (non-hydrogen) atoms. The minimum Gasteiger partial charge on any atom is -0.315 e. The first kappa shape index (κ1) is 11.9. The highest BCUT2D eigenvalue weighted by Crippen LogP contribution is 2.21. The SMILES string of the molecule is N#Cc1c(=O)c2cc([N+](=O)[O-])ccc2n2ccccc12. The van der Waals surface area contributed by atoms with Gasteiger partial charge in [-0.05, 0) is 18.2 Å². The van der Waals surface area contributed by atoms with Crippen LogP contribution in [0.3, 0.4) is 0 Å². The fourth-order valence-electron chi connectivity index (χ4n) is 2.25. The summed E-state index contributed by atoms with van der Waals surface area (Å²) in [6.07, 6.45) is 1.71. The predicted octanol–water partition coefficient (Wildman–Crippen LogP) is 2.23. The van der Waals surface area contributed by atoms with Gasteiger partial charge in [-0.15, -0.1) is 0 Å². The van der Waals surface area contributed by atoms with E-state index in [0.717, 1.165) is 0 Å². The van der Waals surface area contributed by atoms with Gasteiger partial charge in [0.25, 0.3) is 5.69 Å². The van der Waals surface area contributed by atoms with E-state index in [1.807, 2.05) is 6.07 Å². The van der Waals surface area contributed by atoms with Crippen LogP contribution in [0.2, 0.25) is 0 Å². The summed E-state index contributed by atoms with van der Waals surface area (Å²) in [5.74, 6) is 0. The number of nitro benzene ring substituents is 1. The fraction of sp³-hybridized carbons (Fsp3) is 0. The maximum absolute atomic E-state index is 12.3. The summed E-state index contributed by atoms with van der Waals surface area (Å²) in [7, 11) is 0. The van der Waals surface area contributed by atoms with Gasteiger partial charge in [0.2, 0.25) is 5.43 Å². The van der Waals surface area contributed by atoms with Crippen molar-refractivity contribution in [1.82, 2.24) is 4.40 Å². The van der Waals surface area contributed by atoms with E-state index in [0.29, 0.717) is 11.0 Å². The predicted molar refractivity (Wildman–Crippen MR) is 72.5 cm³/mol. The summed E-state index contributed by atoms with van der Waals surface area (Å²) in [6, 6.07) is 11.1. The third-order valence-electron chi connectivity index (χ3n) is 3.15. The average Bonchev–Trinajstić information content (AvgIpc) is 2.47. The van der Waals surface area contributed by atoms with Crippen LogP contribution in [0.1, 0.15) is 5.56 Å². The average molecular weight is 265 g/mol. The number of rotatable bonds is 1. The Hall–Kier alpha value is -3.20. The van der Waals surface area contributed by atoms with Crippen molar-refractivity contribution in [2.45, 2.75) is 0 Å². The van der Waals surface area contributed by atoms with Crippen LogP contribution in [-0.2, 0) is 0 Å². The molecule has 2 heterocycles. The second kappa shape index (κ2) is 4.17. The van der Waals surface area contributed by atoms with Crippen molar-refractivity contribution >= 4 is 22.1 Å². The number of hydrogen-bond acceptors (Lipinski definition) is 4. The Bertz CT molecular complexity index is 967. The topological polar surface area (TPSA) is 88.4 Å². The van der Waals surface area contributed by atoms with Crippen molar-refractivity contribution < 1.29 is 4.92 Å². The molecule has 0 N–H and O–H groups in total. The molecule has 0 unspecified atom stereocenters. The summed E-state index contributed by atoms with van der Waals surface area (Å²) in [4.78, 5) is 22.5. The molecule has 6 nitrogen and oxygen atoms in total. The highest BCUT2D eigenvalue weighted by atomic mass is 16.6. The molecule has 3 rings (SSSR count). The zero-order valence-electron chi connectivity index (χ0n) is 10.1. The number of pyridine rings is 2. The van der Waals surface area contributed by atoms with Crippen molar-refractivity contribution in [3.05, 3.63) is 68.5 Å². The number of fused-ring (bicyclic) bond motifs is 3. The summed E-state index contributed by atoms with van der Waals surface area (Å²) < 4.78 is 1.68. The number of nitriles is 1. The quantitative estimate of drug-likeness (QED) is 0.383. The Balaban J connectivity index is 2.61. The number of aromatic nitrogens is 1. The summed E-state index contributed by atoms with van der Waals surface area (Å²) in [6.45, 7) is 0. The maximum Gasteiger partial charge on any atom is 0.270 e. The molecule has 0 radical (unpaired) electrons. The minimum absolute atomic E-state index is 0.0152. The highest BCUT2D eigenvalue weighted by molar-refractivity contribution is 5.87. The largest absolute Gasteiger partial charge is 0.315 e. The summed E-state index contributed by atoms with van der Waals surface area (Å²) in [5.41, 5.74) is 0.349. The van der Waals surface area contributed by atoms with Crippen LogP contribution in [0.5, 0.6) is 0 Å². The van der Waals surface area contributed by atoms with E-state index in [-0.39, 0.29) is 16.6 Å². The van der Waals surface area contributed by atoms with Gasteiger partial charge in [-0.1, -0.05) is 6.07 Å². The second-order valence-corrected chi connectivity index (χ2v) is 4.23. The van der Waals surface area contributed by atoms with Crippen LogP contribution in [0, 0.1) is 21.4 Å². The van der Waals surface area contributed by atoms with Crippen molar-refractivity contribution in [1.29, 1.82) is 5.26 Å². The van der Waals surface area contributed by atoms with Gasteiger partial charge in [-0.2, -0.15) is 5.26 Å². The first-order valence-corrected chi connectivity index (χ1v) is 5.75. The van der Waals surface area contributed by atoms with E-state index in [1.54, 1.807) is 28.8 Å². The molecule has 96 valence electrons. The number of non-ortho nitro benzene ring substituents is 1. The van der Waals surface area contributed by atoms with Gasteiger partial charge >= 0.3 is 0 Å². The molecular formula is C14H7N3O3. The van der Waals surface area contributed by atoms with E-state index >= 15 is 0 Å². The molecule has 1 aromatic carbocycles. The van der Waals surface area contributed by atoms with Crippen LogP contribution in [0.4, 0.5) is 5.69 Å². The van der Waals surface area contributed by atoms with E-state index in [1.165, 1.54) is 18.2 Å². The van der Waals surface area contributed by atoms with Gasteiger partial charge in [-0.25, -0.2) is 0 Å². The van der Waals surface area contributed by atoms with Gasteiger partial charge in [0, 0.05) is 18.3 Å². The number of nitro groups is 1. The lowest BCUT2D eigenvalue weighted by Gasteiger charge is -2.07. The van der Waals surface area contributed by atoms with E-state index < -0.39 is 10.4 Å². The molecule has 0 saturated heterocycles. The highest BCUT2D eigenvalue weighted by Gasteiger charge is 2.14. The van der Waals surface area contributed by atoms with E-state index in [2.05, 4.69) is 0 Å². The van der Waals surface area contributed by atoms with E-state index in [4.69, 9.17) is 5.26 Å². The Kier molecular flexibility index (Phi) is 2.48. The van der Waals surface area contributed by atoms with Gasteiger partial charge in [0.15, 0.2) is 0 Å². The van der Waals surface area contributed by atoms with E-state index in [9.17, 15) is 14.9 Å². The molecule has 0 aliphatic carbocycles. The Labute approximate surface area is 112 Å². The Morgan fingerprint density at radius 1 is 1.20 bits per heavy atom. The van der Waals surface area contributed by atoms with Gasteiger partial charge in [0.1, 0.15) is 11.6 Å². The molecule has 0 aliphatic rings. The molecule has 0 atom stereocenters. The molecule has 0 fully saturated rings. The van der Waals surface area contributed by atoms with Gasteiger partial charge in [0.05, 0.1) is 21.3 Å². The molecule has 0 amide bonds. The Morgan fingerprint density at radius 2 is 2.00 bits per heavy atom. The van der Waals surface area contributed by atoms with Crippen molar-refractivity contribution in [3.8, 4) is 6.07 Å². The zero-order chi connectivity index (χ0) is 14.3. The molecule has 6 heteroatoms. The number of benzene rings is 1. The molecule has 2 aromatic heterocycles. The lowest BCUT2D eigenvalue weighted by molar-refractivity contribution is -0.384. The van der Waals surface area contributed by atoms with Crippen molar-refractivity contribution in [2.24, 2.45) is 0 Å². The third-order valence-corrected chi connectivity index (χ3v) is 3.15. The molecule has 0 saturated carbocycles. The summed E-state index contributed by atoms with van der Waals surface area (Å²) in [5, 5.41) is 20.1. The second-order valence-electron chi connectivity index (χ2n) is 4.23. The maximum atomic E-state index is 12.3. The van der Waals surface area contributed by atoms with Crippen molar-refractivity contribution in [3.63, 3.8) is 0 Å². The molecule has 0 spiro atoms. The van der Waals surface area contributed by atoms with Crippen molar-refractivity contribution in [2.75, 3.05) is 0 Å². The minimum atomic E-state index is -0.565. The van der Waals surface area contributed by atoms with Crippen LogP contribution in [0.25, 0.3) is 16.4 Å². The molecular weight excluding hydrogens is 258 g/mol. The van der Waals surface area contributed by atoms with Crippen LogP contribution in [-0.4, -0.2) is 9.32 Å². The normalized spacial score (nSPS) is 10.6. The van der Waals surface area contributed by atoms with Crippen LogP contribution >= 0.6 is 0 Å². The number of nitrogens with zero attached hydrogens (tertiary/aromatic N) is 3. The smallest absolute Gasteiger partial charge is 0.270 e. The lowest BCUT2D eigenvalue weighted by atomic mass is 10.1. The lowest BCUT2D eigenvalue weighted by Crippen LogP contribution is -2.11. The summed E-state index contributed by atoms with van der Waals surface area (Å²) >= 11 is 0. The monoisotopic (exact) mass is 265 g/mol. The Morgan fingerprint density at radius 3 is 2.70 bits per heavy atom. The van der Waals surface area contributed by atoms with Crippen LogP contribution < -0.4 is 5.43 Å². The number of hydrogen-bond donors (Lipinski definition) is 0. The molecule has 0 aliphatic heterocycles. The first-order valence-electron chi connectivity index (χ1n) is 5.75.